The number of aromatic hydroxyl groups is 2. The van der Waals surface area contributed by atoms with Crippen LogP contribution in [0.3, 0.4) is 0 Å². The summed E-state index contributed by atoms with van der Waals surface area (Å²) in [6.07, 6.45) is 5.58. The van der Waals surface area contributed by atoms with E-state index in [0.717, 1.165) is 13.2 Å². The topological polar surface area (TPSA) is 259 Å². The number of carbonyl (C=O) groups excluding carboxylic acids is 1. The van der Waals surface area contributed by atoms with Crippen LogP contribution in [-0.4, -0.2) is 70.7 Å². The van der Waals surface area contributed by atoms with Gasteiger partial charge in [-0.25, -0.2) is 24.7 Å². The normalized spacial score (nSPS) is 10.2. The molecule has 18 heteroatoms. The van der Waals surface area contributed by atoms with Crippen LogP contribution in [0, 0.1) is 0 Å². The van der Waals surface area contributed by atoms with Gasteiger partial charge in [-0.15, -0.1) is 12.4 Å². The lowest BCUT2D eigenvalue weighted by atomic mass is 10.2. The largest absolute Gasteiger partial charge is 0.505 e. The molecule has 0 fully saturated rings. The Morgan fingerprint density at radius 2 is 1.38 bits per heavy atom. The van der Waals surface area contributed by atoms with E-state index in [-0.39, 0.29) is 34.9 Å². The van der Waals surface area contributed by atoms with E-state index in [9.17, 15) is 24.6 Å². The van der Waals surface area contributed by atoms with Crippen LogP contribution >= 0.6 is 12.4 Å². The van der Waals surface area contributed by atoms with Crippen LogP contribution in [0.4, 0.5) is 0 Å². The number of rotatable bonds is 1. The molecule has 0 aliphatic rings. The Bertz CT molecular complexity index is 1530. The lowest BCUT2D eigenvalue weighted by Crippen LogP contribution is -2.19. The number of esters is 1. The summed E-state index contributed by atoms with van der Waals surface area (Å²) in [5, 5.41) is 18.9. The zero-order valence-electron chi connectivity index (χ0n) is 16.7. The zero-order valence-corrected chi connectivity index (χ0v) is 18.4. The van der Waals surface area contributed by atoms with Crippen LogP contribution in [0.15, 0.2) is 40.4 Å². The van der Waals surface area contributed by atoms with E-state index >= 15 is 0 Å². The number of methoxy groups -OCH3 is 1. The number of carbonyl (C=O) groups is 1. The minimum Gasteiger partial charge on any atom is -0.505 e. The molecule has 34 heavy (non-hydrogen) atoms. The lowest BCUT2D eigenvalue weighted by Gasteiger charge is -2.03. The first kappa shape index (κ1) is 27.8. The number of aromatic amines is 2. The van der Waals surface area contributed by atoms with Crippen LogP contribution < -0.4 is 11.1 Å². The van der Waals surface area contributed by atoms with Gasteiger partial charge in [0.15, 0.2) is 28.4 Å². The summed E-state index contributed by atoms with van der Waals surface area (Å²) in [7, 11) is -3.55. The Morgan fingerprint density at radius 3 is 1.91 bits per heavy atom. The van der Waals surface area contributed by atoms with Gasteiger partial charge in [-0.05, 0) is 0 Å². The molecule has 0 saturated carbocycles. The van der Waals surface area contributed by atoms with E-state index in [1.165, 1.54) is 24.8 Å². The molecule has 0 aliphatic carbocycles. The molecule has 4 heterocycles. The molecule has 4 aromatic rings. The first-order chi connectivity index (χ1) is 15.4. The maximum atomic E-state index is 11.5. The standard InChI is InChI=1S/C9H7N3O4.C7H5N3O2.ClH.H2O4S/c1-16-9(15)4-6(13)5-7(12-8(4)14)11-3-2-10-5;11-4-3-5(12)10-7-6(4)8-1-2-9-7;;1-5(2,3)4/h2-3H,1H3,(H2,11,12,13,14);1-3H,(H2,9,10,11,12);1H;(H2,1,2,3,4). The van der Waals surface area contributed by atoms with Crippen molar-refractivity contribution in [1.29, 1.82) is 0 Å². The molecule has 0 unspecified atom stereocenters. The second-order valence-corrected chi connectivity index (χ2v) is 6.54. The van der Waals surface area contributed by atoms with Crippen molar-refractivity contribution >= 4 is 51.1 Å². The SMILES string of the molecule is COC(=O)c1c(O)c2nccnc2[nH]c1=O.Cl.O=S(=O)(O)O.O=c1cc(O)c2nccnc2[nH]1. The highest BCUT2D eigenvalue weighted by molar-refractivity contribution is 7.79. The third-order valence-corrected chi connectivity index (χ3v) is 3.46. The van der Waals surface area contributed by atoms with Crippen molar-refractivity contribution in [2.75, 3.05) is 7.11 Å². The number of H-pyrrole nitrogens is 2. The van der Waals surface area contributed by atoms with Crippen molar-refractivity contribution in [1.82, 2.24) is 29.9 Å². The van der Waals surface area contributed by atoms with Gasteiger partial charge in [0.25, 0.3) is 11.1 Å². The third kappa shape index (κ3) is 7.45. The number of halogens is 1. The average Bonchev–Trinajstić information content (AvgIpc) is 2.73. The van der Waals surface area contributed by atoms with Crippen molar-refractivity contribution in [3.05, 3.63) is 57.1 Å². The smallest absolute Gasteiger partial charge is 0.394 e. The summed E-state index contributed by atoms with van der Waals surface area (Å²) >= 11 is 0. The predicted octanol–water partition coefficient (Wildman–Crippen LogP) is -0.397. The van der Waals surface area contributed by atoms with Gasteiger partial charge in [0.2, 0.25) is 0 Å². The fourth-order valence-electron chi connectivity index (χ4n) is 2.25. The average molecular weight is 519 g/mol. The Hall–Kier alpha value is -4.19. The molecule has 4 aromatic heterocycles. The monoisotopic (exact) mass is 518 g/mol. The maximum absolute atomic E-state index is 11.5. The molecule has 6 N–H and O–H groups in total. The number of aromatic nitrogens is 6. The molecule has 0 spiro atoms. The summed E-state index contributed by atoms with van der Waals surface area (Å²) in [4.78, 5) is 53.6. The fourth-order valence-corrected chi connectivity index (χ4v) is 2.25. The van der Waals surface area contributed by atoms with Gasteiger partial charge in [0, 0.05) is 30.9 Å². The Labute approximate surface area is 194 Å². The minimum atomic E-state index is -4.67. The Kier molecular flexibility index (Phi) is 9.51. The summed E-state index contributed by atoms with van der Waals surface area (Å²) in [5.41, 5.74) is -0.881. The van der Waals surface area contributed by atoms with Crippen molar-refractivity contribution in [2.45, 2.75) is 0 Å². The Morgan fingerprint density at radius 1 is 0.912 bits per heavy atom. The molecular formula is C16H15ClN6O10S. The van der Waals surface area contributed by atoms with E-state index in [2.05, 4.69) is 34.6 Å². The van der Waals surface area contributed by atoms with Crippen molar-refractivity contribution in [2.24, 2.45) is 0 Å². The van der Waals surface area contributed by atoms with Gasteiger partial charge in [-0.1, -0.05) is 0 Å². The maximum Gasteiger partial charge on any atom is 0.394 e. The summed E-state index contributed by atoms with van der Waals surface area (Å²) in [6.45, 7) is 0. The van der Waals surface area contributed by atoms with Gasteiger partial charge in [-0.3, -0.25) is 18.7 Å². The second kappa shape index (κ2) is 11.6. The highest BCUT2D eigenvalue weighted by Gasteiger charge is 2.20. The molecular weight excluding hydrogens is 504 g/mol. The van der Waals surface area contributed by atoms with Crippen molar-refractivity contribution < 1.29 is 37.3 Å². The molecule has 16 nitrogen and oxygen atoms in total. The molecule has 0 saturated heterocycles. The van der Waals surface area contributed by atoms with E-state index < -0.39 is 33.2 Å². The number of nitrogens with one attached hydrogen (secondary N) is 2. The van der Waals surface area contributed by atoms with E-state index in [4.69, 9.17) is 17.5 Å². The highest BCUT2D eigenvalue weighted by Crippen LogP contribution is 2.21. The van der Waals surface area contributed by atoms with Gasteiger partial charge >= 0.3 is 16.4 Å². The summed E-state index contributed by atoms with van der Waals surface area (Å²) < 4.78 is 36.0. The van der Waals surface area contributed by atoms with Gasteiger partial charge < -0.3 is 24.9 Å². The van der Waals surface area contributed by atoms with Crippen LogP contribution in [0.25, 0.3) is 22.3 Å². The van der Waals surface area contributed by atoms with Crippen molar-refractivity contribution in [3.63, 3.8) is 0 Å². The van der Waals surface area contributed by atoms with Gasteiger partial charge in [0.05, 0.1) is 7.11 Å². The zero-order chi connectivity index (χ0) is 24.8. The Balaban J connectivity index is 0.000000284. The summed E-state index contributed by atoms with van der Waals surface area (Å²) in [6, 6.07) is 1.07. The molecule has 0 amide bonds. The van der Waals surface area contributed by atoms with Crippen LogP contribution in [0.2, 0.25) is 0 Å². The minimum absolute atomic E-state index is 0. The number of pyridine rings is 2. The van der Waals surface area contributed by atoms with Crippen LogP contribution in [0.5, 0.6) is 11.5 Å². The van der Waals surface area contributed by atoms with Crippen LogP contribution in [-0.2, 0) is 15.1 Å². The van der Waals surface area contributed by atoms with E-state index in [1.807, 2.05) is 0 Å². The van der Waals surface area contributed by atoms with Gasteiger partial charge in [0.1, 0.15) is 11.0 Å². The van der Waals surface area contributed by atoms with E-state index in [0.29, 0.717) is 11.2 Å². The number of fused-ring (bicyclic) bond motifs is 2. The molecule has 0 radical (unpaired) electrons. The number of nitrogens with zero attached hydrogens (tertiary/aromatic N) is 4. The quantitative estimate of drug-likeness (QED) is 0.138. The van der Waals surface area contributed by atoms with Crippen molar-refractivity contribution in [3.8, 4) is 11.5 Å². The predicted molar refractivity (Wildman–Crippen MR) is 116 cm³/mol. The fraction of sp³-hybridized carbons (Fsp3) is 0.0625. The van der Waals surface area contributed by atoms with Gasteiger partial charge in [-0.2, -0.15) is 8.42 Å². The molecule has 0 aliphatic heterocycles. The molecule has 182 valence electrons. The van der Waals surface area contributed by atoms with Crippen LogP contribution in [0.1, 0.15) is 10.4 Å². The first-order valence-corrected chi connectivity index (χ1v) is 9.69. The molecule has 0 bridgehead atoms. The number of hydrogen-bond acceptors (Lipinski definition) is 12. The molecule has 0 atom stereocenters. The lowest BCUT2D eigenvalue weighted by molar-refractivity contribution is 0.0595. The number of hydrogen-bond donors (Lipinski definition) is 6. The highest BCUT2D eigenvalue weighted by atomic mass is 35.5. The van der Waals surface area contributed by atoms with E-state index in [1.54, 1.807) is 0 Å². The third-order valence-electron chi connectivity index (χ3n) is 3.46. The molecule has 0 aromatic carbocycles. The number of ether oxygens (including phenoxy) is 1. The second-order valence-electron chi connectivity index (χ2n) is 5.64. The molecule has 4 rings (SSSR count). The summed E-state index contributed by atoms with van der Waals surface area (Å²) in [5.74, 6) is -1.60. The first-order valence-electron chi connectivity index (χ1n) is 8.29.